The number of pyridine rings is 1. The molecule has 4 rings (SSSR count). The molecule has 3 heterocycles. The lowest BCUT2D eigenvalue weighted by molar-refractivity contribution is -0.121. The van der Waals surface area contributed by atoms with Crippen LogP contribution >= 0.6 is 11.8 Å². The van der Waals surface area contributed by atoms with Crippen molar-refractivity contribution in [2.45, 2.75) is 30.9 Å². The van der Waals surface area contributed by atoms with Crippen molar-refractivity contribution >= 4 is 23.6 Å². The Labute approximate surface area is 187 Å². The molecule has 2 aliphatic rings. The first-order valence-corrected chi connectivity index (χ1v) is 10.8. The van der Waals surface area contributed by atoms with Crippen LogP contribution in [0.15, 0.2) is 70.0 Å². The van der Waals surface area contributed by atoms with Crippen molar-refractivity contribution in [3.8, 4) is 11.4 Å². The van der Waals surface area contributed by atoms with Gasteiger partial charge in [0.1, 0.15) is 11.1 Å². The number of rotatable bonds is 6. The number of thioether (sulfide) groups is 1. The number of carbonyl (C=O) groups is 2. The number of nitrogens with one attached hydrogen (secondary N) is 2. The second-order valence-corrected chi connectivity index (χ2v) is 8.12. The fourth-order valence-corrected chi connectivity index (χ4v) is 4.23. The predicted molar refractivity (Wildman–Crippen MR) is 117 cm³/mol. The number of hydrogen-bond acceptors (Lipinski definition) is 8. The molecule has 0 saturated heterocycles. The van der Waals surface area contributed by atoms with Crippen molar-refractivity contribution < 1.29 is 18.5 Å². The maximum Gasteiger partial charge on any atom is 0.297 e. The smallest absolute Gasteiger partial charge is 0.297 e. The highest BCUT2D eigenvalue weighted by molar-refractivity contribution is 8.03. The minimum absolute atomic E-state index is 0.00945. The van der Waals surface area contributed by atoms with Gasteiger partial charge in [-0.15, -0.1) is 11.8 Å². The molecule has 2 aromatic heterocycles. The molecule has 0 bridgehead atoms. The molecular weight excluding hydrogens is 435 g/mol. The highest BCUT2D eigenvalue weighted by Gasteiger charge is 2.42. The van der Waals surface area contributed by atoms with E-state index in [0.717, 1.165) is 0 Å². The Hall–Kier alpha value is -3.44. The summed E-state index contributed by atoms with van der Waals surface area (Å²) in [5, 5.41) is 4.87. The molecule has 4 N–H and O–H groups in total. The van der Waals surface area contributed by atoms with Crippen LogP contribution in [0.5, 0.6) is 0 Å². The Kier molecular flexibility index (Phi) is 6.10. The molecule has 2 unspecified atom stereocenters. The van der Waals surface area contributed by atoms with Crippen LogP contribution in [0.2, 0.25) is 0 Å². The van der Waals surface area contributed by atoms with Gasteiger partial charge in [0.05, 0.1) is 11.4 Å². The summed E-state index contributed by atoms with van der Waals surface area (Å²) < 4.78 is 20.5. The highest BCUT2D eigenvalue weighted by Crippen LogP contribution is 2.40. The van der Waals surface area contributed by atoms with Gasteiger partial charge in [0.2, 0.25) is 11.7 Å². The van der Waals surface area contributed by atoms with E-state index in [1.54, 1.807) is 49.0 Å². The molecule has 166 valence electrons. The Bertz CT molecular complexity index is 1110. The molecule has 2 amide bonds. The van der Waals surface area contributed by atoms with E-state index in [9.17, 15) is 9.59 Å². The van der Waals surface area contributed by atoms with Crippen LogP contribution in [-0.2, 0) is 4.79 Å². The van der Waals surface area contributed by atoms with Crippen molar-refractivity contribution in [3.63, 3.8) is 0 Å². The van der Waals surface area contributed by atoms with E-state index >= 15 is 4.39 Å². The predicted octanol–water partition coefficient (Wildman–Crippen LogP) is 2.59. The Balaban J connectivity index is 1.55. The topological polar surface area (TPSA) is 126 Å². The van der Waals surface area contributed by atoms with Gasteiger partial charge in [0.15, 0.2) is 5.79 Å². The molecule has 0 radical (unpaired) electrons. The number of carbonyl (C=O) groups excluding carboxylic acids is 2. The van der Waals surface area contributed by atoms with Crippen molar-refractivity contribution in [2.75, 3.05) is 0 Å². The molecule has 0 fully saturated rings. The van der Waals surface area contributed by atoms with Crippen LogP contribution in [-0.4, -0.2) is 38.0 Å². The Morgan fingerprint density at radius 3 is 3.00 bits per heavy atom. The minimum atomic E-state index is -2.16. The number of nitrogens with zero attached hydrogens (tertiary/aromatic N) is 3. The first-order chi connectivity index (χ1) is 15.4. The molecule has 9 nitrogen and oxygen atoms in total. The first-order valence-electron chi connectivity index (χ1n) is 9.87. The summed E-state index contributed by atoms with van der Waals surface area (Å²) in [6.45, 7) is 1.72. The normalized spacial score (nSPS) is 22.3. The summed E-state index contributed by atoms with van der Waals surface area (Å²) in [6.07, 6.45) is 6.39. The maximum absolute atomic E-state index is 15.2. The lowest BCUT2D eigenvalue weighted by Gasteiger charge is -2.34. The molecule has 11 heteroatoms. The average Bonchev–Trinajstić information content (AvgIpc) is 3.48. The van der Waals surface area contributed by atoms with Crippen molar-refractivity contribution in [2.24, 2.45) is 5.73 Å². The largest absolute Gasteiger partial charge is 0.350 e. The number of hydrazine groups is 1. The number of nitrogens with two attached hydrogens (primary N) is 1. The van der Waals surface area contributed by atoms with Crippen LogP contribution < -0.4 is 16.6 Å². The number of halogens is 1. The average molecular weight is 457 g/mol. The fourth-order valence-electron chi connectivity index (χ4n) is 3.17. The van der Waals surface area contributed by atoms with E-state index < -0.39 is 17.1 Å². The summed E-state index contributed by atoms with van der Waals surface area (Å²) in [6, 6.07) is 6.81. The van der Waals surface area contributed by atoms with Gasteiger partial charge >= 0.3 is 0 Å². The number of hydrogen-bond donors (Lipinski definition) is 3. The number of alkyl halides is 1. The zero-order chi connectivity index (χ0) is 22.7. The fraction of sp³-hybridized carbons (Fsp3) is 0.238. The summed E-state index contributed by atoms with van der Waals surface area (Å²) in [5.41, 5.74) is 12.8. The van der Waals surface area contributed by atoms with Gasteiger partial charge in [0.25, 0.3) is 5.91 Å². The van der Waals surface area contributed by atoms with Gasteiger partial charge in [-0.3, -0.25) is 36.1 Å². The Morgan fingerprint density at radius 1 is 1.41 bits per heavy atom. The second kappa shape index (κ2) is 8.97. The van der Waals surface area contributed by atoms with Crippen LogP contribution in [0, 0.1) is 0 Å². The van der Waals surface area contributed by atoms with Crippen LogP contribution in [0.3, 0.4) is 0 Å². The summed E-state index contributed by atoms with van der Waals surface area (Å²) in [5.74, 6) is -2.88. The van der Waals surface area contributed by atoms with Gasteiger partial charge in [-0.25, -0.2) is 4.39 Å². The Morgan fingerprint density at radius 2 is 2.25 bits per heavy atom. The van der Waals surface area contributed by atoms with Crippen molar-refractivity contribution in [1.82, 2.24) is 25.9 Å². The molecule has 1 aliphatic heterocycles. The van der Waals surface area contributed by atoms with Crippen molar-refractivity contribution in [3.05, 3.63) is 71.3 Å². The number of amides is 2. The van der Waals surface area contributed by atoms with E-state index in [2.05, 4.69) is 21.0 Å². The summed E-state index contributed by atoms with van der Waals surface area (Å²) in [4.78, 5) is 30.2. The molecule has 1 aliphatic carbocycles. The first kappa shape index (κ1) is 21.8. The van der Waals surface area contributed by atoms with Crippen LogP contribution in [0.25, 0.3) is 11.4 Å². The molecule has 32 heavy (non-hydrogen) atoms. The third-order valence-electron chi connectivity index (χ3n) is 4.91. The molecule has 0 saturated carbocycles. The van der Waals surface area contributed by atoms with E-state index in [-0.39, 0.29) is 23.7 Å². The zero-order valence-corrected chi connectivity index (χ0v) is 17.9. The van der Waals surface area contributed by atoms with Crippen molar-refractivity contribution in [1.29, 1.82) is 0 Å². The third-order valence-corrected chi connectivity index (χ3v) is 5.93. The third kappa shape index (κ3) is 4.43. The lowest BCUT2D eigenvalue weighted by Crippen LogP contribution is -2.47. The van der Waals surface area contributed by atoms with E-state index in [0.29, 0.717) is 23.5 Å². The lowest BCUT2D eigenvalue weighted by atomic mass is 9.94. The van der Waals surface area contributed by atoms with E-state index in [1.165, 1.54) is 28.8 Å². The quantitative estimate of drug-likeness (QED) is 0.447. The molecule has 2 atom stereocenters. The van der Waals surface area contributed by atoms with Gasteiger partial charge in [-0.05, 0) is 23.6 Å². The number of aromatic nitrogens is 2. The molecule has 0 spiro atoms. The monoisotopic (exact) mass is 456 g/mol. The zero-order valence-electron chi connectivity index (χ0n) is 17.1. The van der Waals surface area contributed by atoms with E-state index in [1.807, 2.05) is 0 Å². The standard InChI is InChI=1S/C21H21FN6O3S/c1-2-18(29)26-25-13-6-7-21(22,23)14(11-13)20-28(9-10-32-20)19(30)17-12-16(27-31-17)15-5-3-4-8-24-15/h3-6,8-12,20,25H,2,7,23H2,1H3,(H,26,29). The highest BCUT2D eigenvalue weighted by atomic mass is 32.2. The molecular formula is C21H21FN6O3S. The number of allylic oxidation sites excluding steroid dienone is 1. The summed E-state index contributed by atoms with van der Waals surface area (Å²) in [7, 11) is 0. The summed E-state index contributed by atoms with van der Waals surface area (Å²) >= 11 is 1.24. The van der Waals surface area contributed by atoms with Gasteiger partial charge in [-0.1, -0.05) is 24.2 Å². The maximum atomic E-state index is 15.2. The minimum Gasteiger partial charge on any atom is -0.350 e. The van der Waals surface area contributed by atoms with Gasteiger partial charge in [-0.2, -0.15) is 0 Å². The van der Waals surface area contributed by atoms with Crippen LogP contribution in [0.4, 0.5) is 4.39 Å². The van der Waals surface area contributed by atoms with Crippen LogP contribution in [0.1, 0.15) is 30.3 Å². The SMILES string of the molecule is CCC(=O)NNC1=CCC(N)(F)C(C2SC=CN2C(=O)c2cc(-c3ccccn3)no2)=C1. The van der Waals surface area contributed by atoms with Gasteiger partial charge in [0, 0.05) is 36.9 Å². The van der Waals surface area contributed by atoms with E-state index in [4.69, 9.17) is 10.3 Å². The van der Waals surface area contributed by atoms with Gasteiger partial charge < -0.3 is 4.52 Å². The second-order valence-electron chi connectivity index (χ2n) is 7.13. The molecule has 0 aromatic carbocycles. The molecule has 2 aromatic rings.